The second-order valence-corrected chi connectivity index (χ2v) is 6.74. The van der Waals surface area contributed by atoms with Crippen LogP contribution >= 0.6 is 0 Å². The van der Waals surface area contributed by atoms with Gasteiger partial charge in [0.15, 0.2) is 5.52 Å². The predicted molar refractivity (Wildman–Crippen MR) is 86.2 cm³/mol. The van der Waals surface area contributed by atoms with Crippen molar-refractivity contribution < 1.29 is 4.92 Å². The van der Waals surface area contributed by atoms with Gasteiger partial charge in [0.05, 0.1) is 4.92 Å². The standard InChI is InChI=1S/C17H19N3O2/c1-12-10-15(19-9-3-6-17(11-19)7-8-17)13-4-2-5-14(20(21)22)16(13)18-12/h2,4-5,10H,3,6-9,11H2,1H3. The average molecular weight is 297 g/mol. The van der Waals surface area contributed by atoms with Gasteiger partial charge < -0.3 is 4.90 Å². The molecule has 5 nitrogen and oxygen atoms in total. The third-order valence-electron chi connectivity index (χ3n) is 5.08. The van der Waals surface area contributed by atoms with E-state index < -0.39 is 0 Å². The van der Waals surface area contributed by atoms with Crippen LogP contribution in [0.15, 0.2) is 24.3 Å². The molecule has 0 radical (unpaired) electrons. The number of rotatable bonds is 2. The molecule has 0 N–H and O–H groups in total. The quantitative estimate of drug-likeness (QED) is 0.624. The molecule has 1 aromatic carbocycles. The SMILES string of the molecule is Cc1cc(N2CCCC3(CC3)C2)c2cccc([N+](=O)[O-])c2n1. The molecule has 22 heavy (non-hydrogen) atoms. The first-order valence-electron chi connectivity index (χ1n) is 7.88. The van der Waals surface area contributed by atoms with E-state index in [1.54, 1.807) is 6.07 Å². The topological polar surface area (TPSA) is 59.3 Å². The van der Waals surface area contributed by atoms with Crippen LogP contribution in [0.5, 0.6) is 0 Å². The summed E-state index contributed by atoms with van der Waals surface area (Å²) in [6.45, 7) is 4.02. The molecular weight excluding hydrogens is 278 g/mol. The van der Waals surface area contributed by atoms with Gasteiger partial charge in [-0.25, -0.2) is 4.98 Å². The van der Waals surface area contributed by atoms with E-state index in [1.807, 2.05) is 13.0 Å². The summed E-state index contributed by atoms with van der Waals surface area (Å²) >= 11 is 0. The molecular formula is C17H19N3O2. The smallest absolute Gasteiger partial charge is 0.295 e. The number of nitro groups is 1. The van der Waals surface area contributed by atoms with Gasteiger partial charge in [-0.1, -0.05) is 12.1 Å². The molecule has 0 unspecified atom stereocenters. The van der Waals surface area contributed by atoms with E-state index in [0.717, 1.165) is 29.9 Å². The maximum absolute atomic E-state index is 11.3. The minimum Gasteiger partial charge on any atom is -0.370 e. The van der Waals surface area contributed by atoms with E-state index in [0.29, 0.717) is 10.9 Å². The van der Waals surface area contributed by atoms with Crippen molar-refractivity contribution in [1.29, 1.82) is 0 Å². The van der Waals surface area contributed by atoms with Crippen molar-refractivity contribution >= 4 is 22.3 Å². The van der Waals surface area contributed by atoms with Crippen molar-refractivity contribution in [2.45, 2.75) is 32.6 Å². The second-order valence-electron chi connectivity index (χ2n) is 6.74. The van der Waals surface area contributed by atoms with Gasteiger partial charge in [0.25, 0.3) is 5.69 Å². The van der Waals surface area contributed by atoms with Gasteiger partial charge in [0, 0.05) is 35.9 Å². The normalized spacial score (nSPS) is 19.6. The summed E-state index contributed by atoms with van der Waals surface area (Å²) in [5.74, 6) is 0. The highest BCUT2D eigenvalue weighted by Crippen LogP contribution is 2.53. The summed E-state index contributed by atoms with van der Waals surface area (Å²) in [5.41, 5.74) is 3.07. The molecule has 0 amide bonds. The minimum absolute atomic E-state index is 0.0978. The molecule has 2 fully saturated rings. The molecule has 5 heteroatoms. The molecule has 2 aliphatic rings. The Morgan fingerprint density at radius 3 is 2.86 bits per heavy atom. The Morgan fingerprint density at radius 2 is 2.14 bits per heavy atom. The number of pyridine rings is 1. The van der Waals surface area contributed by atoms with Crippen molar-refractivity contribution in [2.75, 3.05) is 18.0 Å². The molecule has 1 aromatic heterocycles. The zero-order valence-electron chi connectivity index (χ0n) is 12.7. The highest BCUT2D eigenvalue weighted by molar-refractivity contribution is 5.97. The lowest BCUT2D eigenvalue weighted by molar-refractivity contribution is -0.383. The molecule has 4 rings (SSSR count). The van der Waals surface area contributed by atoms with Crippen LogP contribution in [-0.2, 0) is 0 Å². The number of aryl methyl sites for hydroxylation is 1. The Bertz CT molecular complexity index is 768. The molecule has 1 aliphatic carbocycles. The summed E-state index contributed by atoms with van der Waals surface area (Å²) in [5, 5.41) is 12.2. The maximum Gasteiger partial charge on any atom is 0.295 e. The van der Waals surface area contributed by atoms with Crippen LogP contribution in [0.25, 0.3) is 10.9 Å². The van der Waals surface area contributed by atoms with E-state index >= 15 is 0 Å². The summed E-state index contributed by atoms with van der Waals surface area (Å²) in [6, 6.07) is 7.33. The number of fused-ring (bicyclic) bond motifs is 1. The third-order valence-corrected chi connectivity index (χ3v) is 5.08. The van der Waals surface area contributed by atoms with Gasteiger partial charge in [-0.05, 0) is 44.1 Å². The number of para-hydroxylation sites is 1. The van der Waals surface area contributed by atoms with Gasteiger partial charge >= 0.3 is 0 Å². The highest BCUT2D eigenvalue weighted by atomic mass is 16.6. The molecule has 114 valence electrons. The van der Waals surface area contributed by atoms with Crippen molar-refractivity contribution in [2.24, 2.45) is 5.41 Å². The first kappa shape index (κ1) is 13.5. The molecule has 1 saturated carbocycles. The Kier molecular flexibility index (Phi) is 2.86. The largest absolute Gasteiger partial charge is 0.370 e. The van der Waals surface area contributed by atoms with Crippen molar-refractivity contribution in [3.05, 3.63) is 40.1 Å². The molecule has 2 heterocycles. The molecule has 1 spiro atoms. The highest BCUT2D eigenvalue weighted by Gasteiger charge is 2.45. The van der Waals surface area contributed by atoms with Crippen molar-refractivity contribution in [3.63, 3.8) is 0 Å². The number of aromatic nitrogens is 1. The Morgan fingerprint density at radius 1 is 1.32 bits per heavy atom. The zero-order chi connectivity index (χ0) is 15.3. The van der Waals surface area contributed by atoms with E-state index in [1.165, 1.54) is 31.7 Å². The van der Waals surface area contributed by atoms with Crippen LogP contribution in [0.2, 0.25) is 0 Å². The third kappa shape index (κ3) is 2.12. The number of hydrogen-bond acceptors (Lipinski definition) is 4. The Hall–Kier alpha value is -2.17. The number of nitrogens with zero attached hydrogens (tertiary/aromatic N) is 3. The number of anilines is 1. The summed E-state index contributed by atoms with van der Waals surface area (Å²) < 4.78 is 0. The van der Waals surface area contributed by atoms with Crippen molar-refractivity contribution in [3.8, 4) is 0 Å². The lowest BCUT2D eigenvalue weighted by atomic mass is 9.94. The molecule has 1 aliphatic heterocycles. The first-order chi connectivity index (χ1) is 10.6. The number of nitro benzene ring substituents is 1. The van der Waals surface area contributed by atoms with E-state index in [9.17, 15) is 10.1 Å². The van der Waals surface area contributed by atoms with Crippen LogP contribution in [-0.4, -0.2) is 23.0 Å². The summed E-state index contributed by atoms with van der Waals surface area (Å²) in [4.78, 5) is 17.8. The van der Waals surface area contributed by atoms with E-state index in [-0.39, 0.29) is 10.6 Å². The number of benzene rings is 1. The van der Waals surface area contributed by atoms with Crippen LogP contribution in [0.4, 0.5) is 11.4 Å². The summed E-state index contributed by atoms with van der Waals surface area (Å²) in [6.07, 6.45) is 5.18. The van der Waals surface area contributed by atoms with Gasteiger partial charge in [0.1, 0.15) is 0 Å². The van der Waals surface area contributed by atoms with Gasteiger partial charge in [0.2, 0.25) is 0 Å². The monoisotopic (exact) mass is 297 g/mol. The van der Waals surface area contributed by atoms with Gasteiger partial charge in [-0.3, -0.25) is 10.1 Å². The number of piperidine rings is 1. The van der Waals surface area contributed by atoms with Gasteiger partial charge in [-0.2, -0.15) is 0 Å². The maximum atomic E-state index is 11.3. The van der Waals surface area contributed by atoms with Crippen LogP contribution in [0, 0.1) is 22.5 Å². The lowest BCUT2D eigenvalue weighted by Crippen LogP contribution is -2.36. The lowest BCUT2D eigenvalue weighted by Gasteiger charge is -2.35. The second kappa shape index (κ2) is 4.66. The average Bonchev–Trinajstić information content (AvgIpc) is 3.24. The molecule has 1 saturated heterocycles. The van der Waals surface area contributed by atoms with Crippen LogP contribution in [0.1, 0.15) is 31.4 Å². The fourth-order valence-electron chi connectivity index (χ4n) is 3.75. The molecule has 0 atom stereocenters. The predicted octanol–water partition coefficient (Wildman–Crippen LogP) is 3.83. The molecule has 0 bridgehead atoms. The van der Waals surface area contributed by atoms with Crippen LogP contribution < -0.4 is 4.90 Å². The van der Waals surface area contributed by atoms with E-state index in [4.69, 9.17) is 0 Å². The first-order valence-corrected chi connectivity index (χ1v) is 7.88. The Balaban J connectivity index is 1.86. The van der Waals surface area contributed by atoms with Crippen molar-refractivity contribution in [1.82, 2.24) is 4.98 Å². The number of hydrogen-bond donors (Lipinski definition) is 0. The zero-order valence-corrected chi connectivity index (χ0v) is 12.7. The Labute approximate surface area is 129 Å². The van der Waals surface area contributed by atoms with Gasteiger partial charge in [-0.15, -0.1) is 0 Å². The molecule has 2 aromatic rings. The summed E-state index contributed by atoms with van der Waals surface area (Å²) in [7, 11) is 0. The van der Waals surface area contributed by atoms with Crippen LogP contribution in [0.3, 0.4) is 0 Å². The fraction of sp³-hybridized carbons (Fsp3) is 0.471. The number of non-ortho nitro benzene ring substituents is 1. The minimum atomic E-state index is -0.336. The fourth-order valence-corrected chi connectivity index (χ4v) is 3.75. The van der Waals surface area contributed by atoms with E-state index in [2.05, 4.69) is 16.0 Å².